The molecule has 0 radical (unpaired) electrons. The van der Waals surface area contributed by atoms with Crippen LogP contribution in [0.15, 0.2) is 18.2 Å². The van der Waals surface area contributed by atoms with E-state index in [1.54, 1.807) is 11.9 Å². The monoisotopic (exact) mass is 256 g/mol. The summed E-state index contributed by atoms with van der Waals surface area (Å²) in [5, 5.41) is 3.34. The fraction of sp³-hybridized carbons (Fsp3) is 0.571. The zero-order valence-electron chi connectivity index (χ0n) is 11.3. The molecule has 1 N–H and O–H groups in total. The van der Waals surface area contributed by atoms with E-state index in [1.165, 1.54) is 5.56 Å². The molecule has 4 heteroatoms. The van der Waals surface area contributed by atoms with Crippen LogP contribution in [-0.2, 0) is 6.54 Å². The zero-order valence-corrected chi connectivity index (χ0v) is 11.3. The fourth-order valence-electron chi connectivity index (χ4n) is 1.83. The number of benzene rings is 1. The third-order valence-electron chi connectivity index (χ3n) is 2.92. The van der Waals surface area contributed by atoms with Crippen LogP contribution in [0.3, 0.4) is 0 Å². The Balaban J connectivity index is 2.66. The van der Waals surface area contributed by atoms with Crippen LogP contribution in [-0.4, -0.2) is 26.6 Å². The highest BCUT2D eigenvalue weighted by atomic mass is 19.3. The van der Waals surface area contributed by atoms with E-state index in [-0.39, 0.29) is 6.54 Å². The predicted molar refractivity (Wildman–Crippen MR) is 72.5 cm³/mol. The van der Waals surface area contributed by atoms with Crippen molar-refractivity contribution in [1.29, 1.82) is 0 Å². The molecule has 1 rings (SSSR count). The minimum absolute atomic E-state index is 0.229. The van der Waals surface area contributed by atoms with Gasteiger partial charge >= 0.3 is 0 Å². The first-order valence-electron chi connectivity index (χ1n) is 6.34. The minimum Gasteiger partial charge on any atom is -0.369 e. The summed E-state index contributed by atoms with van der Waals surface area (Å²) in [6, 6.07) is 5.87. The largest absolute Gasteiger partial charge is 0.369 e. The zero-order chi connectivity index (χ0) is 13.5. The second-order valence-electron chi connectivity index (χ2n) is 4.56. The summed E-state index contributed by atoms with van der Waals surface area (Å²) in [6.07, 6.45) is -1.20. The molecule has 2 nitrogen and oxygen atoms in total. The number of halogens is 2. The van der Waals surface area contributed by atoms with E-state index in [2.05, 4.69) is 12.2 Å². The summed E-state index contributed by atoms with van der Waals surface area (Å²) in [7, 11) is 1.69. The van der Waals surface area contributed by atoms with Gasteiger partial charge in [0.15, 0.2) is 0 Å². The molecule has 0 aliphatic heterocycles. The van der Waals surface area contributed by atoms with Gasteiger partial charge in [-0.2, -0.15) is 0 Å². The Hall–Kier alpha value is -1.16. The Kier molecular flexibility index (Phi) is 6.05. The highest BCUT2D eigenvalue weighted by Gasteiger charge is 2.09. The van der Waals surface area contributed by atoms with Gasteiger partial charge in [0.05, 0.1) is 6.54 Å². The van der Waals surface area contributed by atoms with E-state index in [9.17, 15) is 8.78 Å². The van der Waals surface area contributed by atoms with Gasteiger partial charge in [0.1, 0.15) is 0 Å². The van der Waals surface area contributed by atoms with Crippen molar-refractivity contribution in [2.45, 2.75) is 33.2 Å². The van der Waals surface area contributed by atoms with Crippen molar-refractivity contribution < 1.29 is 8.78 Å². The first kappa shape index (κ1) is 14.9. The van der Waals surface area contributed by atoms with Crippen molar-refractivity contribution in [2.75, 3.05) is 25.0 Å². The van der Waals surface area contributed by atoms with Crippen molar-refractivity contribution in [3.8, 4) is 0 Å². The summed E-state index contributed by atoms with van der Waals surface area (Å²) in [4.78, 5) is 1.58. The summed E-state index contributed by atoms with van der Waals surface area (Å²) in [5.74, 6) is 0. The smallest absolute Gasteiger partial charge is 0.255 e. The van der Waals surface area contributed by atoms with E-state index < -0.39 is 6.43 Å². The average Bonchev–Trinajstić information content (AvgIpc) is 2.30. The molecule has 18 heavy (non-hydrogen) atoms. The Bertz CT molecular complexity index is 367. The summed E-state index contributed by atoms with van der Waals surface area (Å²) < 4.78 is 24.6. The average molecular weight is 256 g/mol. The van der Waals surface area contributed by atoms with Crippen molar-refractivity contribution in [1.82, 2.24) is 5.32 Å². The molecule has 0 spiro atoms. The molecule has 0 atom stereocenters. The molecular weight excluding hydrogens is 234 g/mol. The third-order valence-corrected chi connectivity index (χ3v) is 2.92. The molecule has 0 bridgehead atoms. The maximum atomic E-state index is 12.3. The van der Waals surface area contributed by atoms with Crippen molar-refractivity contribution >= 4 is 5.69 Å². The van der Waals surface area contributed by atoms with Gasteiger partial charge in [-0.25, -0.2) is 8.78 Å². The van der Waals surface area contributed by atoms with Crippen molar-refractivity contribution in [3.63, 3.8) is 0 Å². The van der Waals surface area contributed by atoms with Gasteiger partial charge in [-0.15, -0.1) is 0 Å². The van der Waals surface area contributed by atoms with E-state index >= 15 is 0 Å². The number of hydrogen-bond acceptors (Lipinski definition) is 2. The van der Waals surface area contributed by atoms with Crippen LogP contribution in [0.1, 0.15) is 24.5 Å². The molecule has 0 saturated carbocycles. The normalized spacial score (nSPS) is 11.0. The predicted octanol–water partition coefficient (Wildman–Crippen LogP) is 3.20. The number of anilines is 1. The van der Waals surface area contributed by atoms with Crippen LogP contribution in [0.25, 0.3) is 0 Å². The van der Waals surface area contributed by atoms with E-state index in [0.717, 1.165) is 30.8 Å². The highest BCUT2D eigenvalue weighted by molar-refractivity contribution is 5.50. The lowest BCUT2D eigenvalue weighted by molar-refractivity contribution is 0.156. The Morgan fingerprint density at radius 2 is 2.06 bits per heavy atom. The Morgan fingerprint density at radius 3 is 2.61 bits per heavy atom. The summed E-state index contributed by atoms with van der Waals surface area (Å²) in [5.41, 5.74) is 3.20. The molecule has 0 aliphatic carbocycles. The lowest BCUT2D eigenvalue weighted by Gasteiger charge is -2.20. The number of nitrogens with zero attached hydrogens (tertiary/aromatic N) is 1. The third kappa shape index (κ3) is 4.61. The van der Waals surface area contributed by atoms with Gasteiger partial charge < -0.3 is 10.2 Å². The number of aryl methyl sites for hydroxylation is 1. The number of hydrogen-bond donors (Lipinski definition) is 1. The molecule has 0 unspecified atom stereocenters. The molecule has 102 valence electrons. The standard InChI is InChI=1S/C14H22F2N2/c1-4-7-17-9-12-5-6-13(8-11(12)2)18(3)10-14(15)16/h5-6,8,14,17H,4,7,9-10H2,1-3H3. The second kappa shape index (κ2) is 7.31. The van der Waals surface area contributed by atoms with Gasteiger partial charge in [-0.3, -0.25) is 0 Å². The molecular formula is C14H22F2N2. The van der Waals surface area contributed by atoms with Crippen molar-refractivity contribution in [2.24, 2.45) is 0 Å². The fourth-order valence-corrected chi connectivity index (χ4v) is 1.83. The van der Waals surface area contributed by atoms with Crippen LogP contribution < -0.4 is 10.2 Å². The second-order valence-corrected chi connectivity index (χ2v) is 4.56. The van der Waals surface area contributed by atoms with E-state index in [4.69, 9.17) is 0 Å². The molecule has 0 saturated heterocycles. The molecule has 1 aromatic carbocycles. The number of rotatable bonds is 7. The molecule has 0 fully saturated rings. The van der Waals surface area contributed by atoms with Crippen LogP contribution in [0.4, 0.5) is 14.5 Å². The first-order valence-corrected chi connectivity index (χ1v) is 6.34. The summed E-state index contributed by atoms with van der Waals surface area (Å²) in [6.45, 7) is 5.74. The first-order chi connectivity index (χ1) is 8.54. The van der Waals surface area contributed by atoms with Crippen molar-refractivity contribution in [3.05, 3.63) is 29.3 Å². The van der Waals surface area contributed by atoms with Gasteiger partial charge in [0.25, 0.3) is 6.43 Å². The van der Waals surface area contributed by atoms with Crippen LogP contribution in [0.5, 0.6) is 0 Å². The van der Waals surface area contributed by atoms with Crippen LogP contribution in [0, 0.1) is 6.92 Å². The molecule has 0 aliphatic rings. The van der Waals surface area contributed by atoms with Gasteiger partial charge in [0.2, 0.25) is 0 Å². The maximum Gasteiger partial charge on any atom is 0.255 e. The molecule has 0 aromatic heterocycles. The SMILES string of the molecule is CCCNCc1ccc(N(C)CC(F)F)cc1C. The van der Waals surface area contributed by atoms with Gasteiger partial charge in [-0.05, 0) is 43.1 Å². The topological polar surface area (TPSA) is 15.3 Å². The lowest BCUT2D eigenvalue weighted by atomic mass is 10.1. The minimum atomic E-state index is -2.30. The van der Waals surface area contributed by atoms with Gasteiger partial charge in [0, 0.05) is 19.3 Å². The molecule has 1 aromatic rings. The van der Waals surface area contributed by atoms with E-state index in [1.807, 2.05) is 25.1 Å². The van der Waals surface area contributed by atoms with E-state index in [0.29, 0.717) is 0 Å². The van der Waals surface area contributed by atoms with Gasteiger partial charge in [-0.1, -0.05) is 13.0 Å². The Morgan fingerprint density at radius 1 is 1.33 bits per heavy atom. The maximum absolute atomic E-state index is 12.3. The number of nitrogens with one attached hydrogen (secondary N) is 1. The Labute approximate surface area is 108 Å². The van der Waals surface area contributed by atoms with Crippen LogP contribution >= 0.6 is 0 Å². The quantitative estimate of drug-likeness (QED) is 0.754. The van der Waals surface area contributed by atoms with Crippen LogP contribution in [0.2, 0.25) is 0 Å². The molecule has 0 amide bonds. The highest BCUT2D eigenvalue weighted by Crippen LogP contribution is 2.19. The number of alkyl halides is 2. The lowest BCUT2D eigenvalue weighted by Crippen LogP contribution is -2.24. The summed E-state index contributed by atoms with van der Waals surface area (Å²) >= 11 is 0. The molecule has 0 heterocycles.